The van der Waals surface area contributed by atoms with Crippen LogP contribution >= 0.6 is 0 Å². The van der Waals surface area contributed by atoms with E-state index in [-0.39, 0.29) is 11.5 Å². The van der Waals surface area contributed by atoms with Crippen molar-refractivity contribution in [3.8, 4) is 0 Å². The van der Waals surface area contributed by atoms with Crippen molar-refractivity contribution in [2.75, 3.05) is 0 Å². The Kier molecular flexibility index (Phi) is 1.79. The summed E-state index contributed by atoms with van der Waals surface area (Å²) in [5, 5.41) is 9.08. The fourth-order valence-corrected chi connectivity index (χ4v) is 1.85. The van der Waals surface area contributed by atoms with Gasteiger partial charge in [0.2, 0.25) is 5.78 Å². The number of H-pyrrole nitrogens is 1. The number of nitrogens with one attached hydrogen (secondary N) is 1. The smallest absolute Gasteiger partial charge is 0.353 e. The summed E-state index contributed by atoms with van der Waals surface area (Å²) in [6.07, 6.45) is 0. The van der Waals surface area contributed by atoms with Crippen LogP contribution in [-0.4, -0.2) is 25.4 Å². The van der Waals surface area contributed by atoms with Crippen LogP contribution < -0.4 is 5.56 Å². The molecule has 17 heavy (non-hydrogen) atoms. The zero-order valence-electron chi connectivity index (χ0n) is 8.54. The van der Waals surface area contributed by atoms with Gasteiger partial charge < -0.3 is 5.11 Å². The SMILES string of the molecule is O=C(O)c1cc(=O)[nH]c2nc3ccccc3n12. The van der Waals surface area contributed by atoms with Gasteiger partial charge >= 0.3 is 5.97 Å². The Morgan fingerprint density at radius 1 is 1.35 bits per heavy atom. The number of nitrogens with zero attached hydrogens (tertiary/aromatic N) is 2. The predicted molar refractivity (Wildman–Crippen MR) is 60.3 cm³/mol. The molecule has 0 saturated carbocycles. The lowest BCUT2D eigenvalue weighted by atomic mass is 10.3. The second kappa shape index (κ2) is 3.18. The van der Waals surface area contributed by atoms with E-state index in [0.29, 0.717) is 11.0 Å². The summed E-state index contributed by atoms with van der Waals surface area (Å²) in [4.78, 5) is 29.1. The third kappa shape index (κ3) is 1.31. The summed E-state index contributed by atoms with van der Waals surface area (Å²) in [6.45, 7) is 0. The quantitative estimate of drug-likeness (QED) is 0.648. The molecule has 6 nitrogen and oxygen atoms in total. The van der Waals surface area contributed by atoms with Gasteiger partial charge in [-0.25, -0.2) is 9.78 Å². The van der Waals surface area contributed by atoms with Crippen LogP contribution in [-0.2, 0) is 0 Å². The first kappa shape index (κ1) is 9.59. The molecular formula is C11H7N3O3. The number of hydrogen-bond acceptors (Lipinski definition) is 3. The van der Waals surface area contributed by atoms with E-state index < -0.39 is 11.5 Å². The van der Waals surface area contributed by atoms with E-state index in [2.05, 4.69) is 9.97 Å². The fraction of sp³-hybridized carbons (Fsp3) is 0. The zero-order valence-corrected chi connectivity index (χ0v) is 8.54. The van der Waals surface area contributed by atoms with E-state index in [9.17, 15) is 9.59 Å². The minimum absolute atomic E-state index is 0.0996. The Labute approximate surface area is 94.2 Å². The largest absolute Gasteiger partial charge is 0.477 e. The van der Waals surface area contributed by atoms with E-state index in [0.717, 1.165) is 6.07 Å². The molecule has 3 aromatic rings. The molecule has 2 aromatic heterocycles. The van der Waals surface area contributed by atoms with Crippen LogP contribution in [0.5, 0.6) is 0 Å². The number of rotatable bonds is 1. The zero-order chi connectivity index (χ0) is 12.0. The molecule has 0 atom stereocenters. The summed E-state index contributed by atoms with van der Waals surface area (Å²) in [6, 6.07) is 8.14. The number of carboxylic acid groups (broad SMARTS) is 1. The Balaban J connectivity index is 2.62. The molecule has 0 bridgehead atoms. The van der Waals surface area contributed by atoms with Crippen molar-refractivity contribution in [1.82, 2.24) is 14.4 Å². The maximum absolute atomic E-state index is 11.3. The molecule has 0 saturated heterocycles. The van der Waals surface area contributed by atoms with Gasteiger partial charge in [-0.1, -0.05) is 12.1 Å². The Bertz CT molecular complexity index is 800. The summed E-state index contributed by atoms with van der Waals surface area (Å²) in [5.74, 6) is -0.930. The number of fused-ring (bicyclic) bond motifs is 3. The Morgan fingerprint density at radius 3 is 2.88 bits per heavy atom. The second-order valence-corrected chi connectivity index (χ2v) is 3.58. The molecule has 0 unspecified atom stereocenters. The van der Waals surface area contributed by atoms with Gasteiger partial charge in [-0.05, 0) is 12.1 Å². The second-order valence-electron chi connectivity index (χ2n) is 3.58. The summed E-state index contributed by atoms with van der Waals surface area (Å²) >= 11 is 0. The van der Waals surface area contributed by atoms with Crippen LogP contribution in [0.1, 0.15) is 10.5 Å². The van der Waals surface area contributed by atoms with Crippen molar-refractivity contribution < 1.29 is 9.90 Å². The van der Waals surface area contributed by atoms with Crippen LogP contribution in [0.25, 0.3) is 16.8 Å². The molecule has 6 heteroatoms. The van der Waals surface area contributed by atoms with Gasteiger partial charge in [0, 0.05) is 6.07 Å². The van der Waals surface area contributed by atoms with Gasteiger partial charge in [0.15, 0.2) is 0 Å². The summed E-state index contributed by atoms with van der Waals surface area (Å²) in [7, 11) is 0. The first-order chi connectivity index (χ1) is 8.16. The molecule has 1 aromatic carbocycles. The highest BCUT2D eigenvalue weighted by Gasteiger charge is 2.14. The van der Waals surface area contributed by atoms with E-state index in [1.807, 2.05) is 0 Å². The van der Waals surface area contributed by atoms with Gasteiger partial charge in [0.1, 0.15) is 5.69 Å². The third-order valence-electron chi connectivity index (χ3n) is 2.52. The maximum Gasteiger partial charge on any atom is 0.353 e. The number of para-hydroxylation sites is 2. The normalized spacial score (nSPS) is 11.1. The van der Waals surface area contributed by atoms with E-state index in [1.54, 1.807) is 24.3 Å². The molecule has 2 N–H and O–H groups in total. The topological polar surface area (TPSA) is 87.5 Å². The van der Waals surface area contributed by atoms with Crippen LogP contribution in [0, 0.1) is 0 Å². The minimum atomic E-state index is -1.16. The lowest BCUT2D eigenvalue weighted by Gasteiger charge is -2.00. The minimum Gasteiger partial charge on any atom is -0.477 e. The number of hydrogen-bond donors (Lipinski definition) is 2. The molecule has 0 amide bonds. The van der Waals surface area contributed by atoms with E-state index >= 15 is 0 Å². The molecule has 3 rings (SSSR count). The van der Waals surface area contributed by atoms with Crippen LogP contribution in [0.15, 0.2) is 35.1 Å². The molecule has 0 aliphatic rings. The fourth-order valence-electron chi connectivity index (χ4n) is 1.85. The Morgan fingerprint density at radius 2 is 2.12 bits per heavy atom. The van der Waals surface area contributed by atoms with Crippen molar-refractivity contribution in [2.24, 2.45) is 0 Å². The average molecular weight is 229 g/mol. The molecular weight excluding hydrogens is 222 g/mol. The number of carbonyl (C=O) groups is 1. The molecule has 84 valence electrons. The third-order valence-corrected chi connectivity index (χ3v) is 2.52. The van der Waals surface area contributed by atoms with Crippen molar-refractivity contribution in [1.29, 1.82) is 0 Å². The van der Waals surface area contributed by atoms with Crippen molar-refractivity contribution in [3.63, 3.8) is 0 Å². The predicted octanol–water partition coefficient (Wildman–Crippen LogP) is 0.874. The monoisotopic (exact) mass is 229 g/mol. The lowest BCUT2D eigenvalue weighted by Crippen LogP contribution is -2.15. The van der Waals surface area contributed by atoms with Gasteiger partial charge in [0.25, 0.3) is 5.56 Å². The van der Waals surface area contributed by atoms with Gasteiger partial charge in [-0.2, -0.15) is 0 Å². The van der Waals surface area contributed by atoms with E-state index in [1.165, 1.54) is 4.40 Å². The van der Waals surface area contributed by atoms with Crippen LogP contribution in [0.4, 0.5) is 0 Å². The first-order valence-corrected chi connectivity index (χ1v) is 4.90. The lowest BCUT2D eigenvalue weighted by molar-refractivity contribution is 0.0689. The number of aromatic nitrogens is 3. The number of aromatic carboxylic acids is 1. The van der Waals surface area contributed by atoms with Gasteiger partial charge in [0.05, 0.1) is 11.0 Å². The molecule has 2 heterocycles. The molecule has 0 radical (unpaired) electrons. The number of carboxylic acids is 1. The first-order valence-electron chi connectivity index (χ1n) is 4.90. The van der Waals surface area contributed by atoms with Gasteiger partial charge in [-0.3, -0.25) is 14.2 Å². The summed E-state index contributed by atoms with van der Waals surface area (Å²) < 4.78 is 1.42. The van der Waals surface area contributed by atoms with Crippen LogP contribution in [0.3, 0.4) is 0 Å². The van der Waals surface area contributed by atoms with Crippen LogP contribution in [0.2, 0.25) is 0 Å². The highest BCUT2D eigenvalue weighted by Crippen LogP contribution is 2.15. The number of benzene rings is 1. The molecule has 0 spiro atoms. The van der Waals surface area contributed by atoms with E-state index in [4.69, 9.17) is 5.11 Å². The summed E-state index contributed by atoms with van der Waals surface area (Å²) in [5.41, 5.74) is 0.704. The van der Waals surface area contributed by atoms with Crippen molar-refractivity contribution in [2.45, 2.75) is 0 Å². The standard InChI is InChI=1S/C11H7N3O3/c15-9-5-8(10(16)17)14-7-4-2-1-3-6(7)12-11(14)13-9/h1-5H,(H,16,17)(H,12,13,15). The Hall–Kier alpha value is -2.63. The molecule has 0 fully saturated rings. The average Bonchev–Trinajstić information content (AvgIpc) is 2.65. The van der Waals surface area contributed by atoms with Gasteiger partial charge in [-0.15, -0.1) is 0 Å². The molecule has 0 aliphatic carbocycles. The van der Waals surface area contributed by atoms with Crippen molar-refractivity contribution >= 4 is 22.8 Å². The maximum atomic E-state index is 11.3. The molecule has 0 aliphatic heterocycles. The van der Waals surface area contributed by atoms with Crippen molar-refractivity contribution in [3.05, 3.63) is 46.4 Å². The highest BCUT2D eigenvalue weighted by atomic mass is 16.4. The number of aromatic amines is 1. The highest BCUT2D eigenvalue weighted by molar-refractivity contribution is 5.90. The number of imidazole rings is 1.